The average molecular weight is 252 g/mol. The SMILES string of the molecule is Cc1c(C(=O)O)nn(-c2cccc(Cl)c2)c1N. The van der Waals surface area contributed by atoms with E-state index >= 15 is 0 Å². The van der Waals surface area contributed by atoms with Crippen molar-refractivity contribution in [2.24, 2.45) is 0 Å². The molecule has 0 saturated carbocycles. The number of carbonyl (C=O) groups is 1. The summed E-state index contributed by atoms with van der Waals surface area (Å²) in [6.45, 7) is 1.62. The Bertz CT molecular complexity index is 592. The lowest BCUT2D eigenvalue weighted by Gasteiger charge is -2.03. The molecule has 2 aromatic rings. The smallest absolute Gasteiger partial charge is 0.356 e. The van der Waals surface area contributed by atoms with Crippen molar-refractivity contribution in [1.29, 1.82) is 0 Å². The molecule has 1 aromatic heterocycles. The number of hydrogen-bond donors (Lipinski definition) is 2. The number of nitrogen functional groups attached to an aromatic ring is 1. The summed E-state index contributed by atoms with van der Waals surface area (Å²) in [4.78, 5) is 10.9. The minimum absolute atomic E-state index is 0.0533. The lowest BCUT2D eigenvalue weighted by Crippen LogP contribution is -2.03. The van der Waals surface area contributed by atoms with Crippen LogP contribution in [0.4, 0.5) is 5.82 Å². The lowest BCUT2D eigenvalue weighted by molar-refractivity contribution is 0.0689. The fourth-order valence-electron chi connectivity index (χ4n) is 1.52. The normalized spacial score (nSPS) is 10.5. The van der Waals surface area contributed by atoms with Crippen LogP contribution in [-0.4, -0.2) is 20.9 Å². The number of anilines is 1. The van der Waals surface area contributed by atoms with E-state index in [-0.39, 0.29) is 5.69 Å². The first-order valence-electron chi connectivity index (χ1n) is 4.85. The van der Waals surface area contributed by atoms with Crippen molar-refractivity contribution in [3.8, 4) is 5.69 Å². The molecule has 88 valence electrons. The first-order valence-corrected chi connectivity index (χ1v) is 5.23. The highest BCUT2D eigenvalue weighted by Gasteiger charge is 2.18. The van der Waals surface area contributed by atoms with Gasteiger partial charge in [-0.15, -0.1) is 0 Å². The van der Waals surface area contributed by atoms with Crippen LogP contribution in [0.2, 0.25) is 5.02 Å². The van der Waals surface area contributed by atoms with Crippen LogP contribution in [0.1, 0.15) is 16.1 Å². The molecule has 0 saturated heterocycles. The molecule has 0 unspecified atom stereocenters. The van der Waals surface area contributed by atoms with E-state index < -0.39 is 5.97 Å². The zero-order valence-electron chi connectivity index (χ0n) is 9.01. The highest BCUT2D eigenvalue weighted by Crippen LogP contribution is 2.22. The van der Waals surface area contributed by atoms with Crippen LogP contribution in [0.15, 0.2) is 24.3 Å². The maximum Gasteiger partial charge on any atom is 0.356 e. The predicted octanol–water partition coefficient (Wildman–Crippen LogP) is 2.11. The van der Waals surface area contributed by atoms with Crippen molar-refractivity contribution >= 4 is 23.4 Å². The number of halogens is 1. The van der Waals surface area contributed by atoms with E-state index in [2.05, 4.69) is 5.10 Å². The molecule has 0 radical (unpaired) electrons. The van der Waals surface area contributed by atoms with E-state index in [1.54, 1.807) is 31.2 Å². The number of carboxylic acids is 1. The standard InChI is InChI=1S/C11H10ClN3O2/c1-6-9(11(16)17)14-15(10(6)13)8-4-2-3-7(12)5-8/h2-5H,13H2,1H3,(H,16,17). The number of hydrogen-bond acceptors (Lipinski definition) is 3. The van der Waals surface area contributed by atoms with Crippen LogP contribution >= 0.6 is 11.6 Å². The summed E-state index contributed by atoms with van der Waals surface area (Å²) >= 11 is 5.86. The van der Waals surface area contributed by atoms with Gasteiger partial charge in [-0.3, -0.25) is 0 Å². The molecule has 1 heterocycles. The molecule has 0 bridgehead atoms. The van der Waals surface area contributed by atoms with Crippen molar-refractivity contribution in [2.45, 2.75) is 6.92 Å². The quantitative estimate of drug-likeness (QED) is 0.857. The van der Waals surface area contributed by atoms with Crippen molar-refractivity contribution in [1.82, 2.24) is 9.78 Å². The van der Waals surface area contributed by atoms with Crippen molar-refractivity contribution in [3.05, 3.63) is 40.5 Å². The summed E-state index contributed by atoms with van der Waals surface area (Å²) in [7, 11) is 0. The van der Waals surface area contributed by atoms with Gasteiger partial charge < -0.3 is 10.8 Å². The third kappa shape index (κ3) is 1.97. The largest absolute Gasteiger partial charge is 0.476 e. The Morgan fingerprint density at radius 1 is 1.53 bits per heavy atom. The van der Waals surface area contributed by atoms with Gasteiger partial charge in [0.1, 0.15) is 5.82 Å². The van der Waals surface area contributed by atoms with Gasteiger partial charge >= 0.3 is 5.97 Å². The number of nitrogens with zero attached hydrogens (tertiary/aromatic N) is 2. The Hall–Kier alpha value is -2.01. The van der Waals surface area contributed by atoms with E-state index in [1.807, 2.05) is 0 Å². The molecule has 2 rings (SSSR count). The number of nitrogens with two attached hydrogens (primary N) is 1. The van der Waals surface area contributed by atoms with Crippen molar-refractivity contribution < 1.29 is 9.90 Å². The third-order valence-electron chi connectivity index (χ3n) is 2.42. The summed E-state index contributed by atoms with van der Waals surface area (Å²) in [5.41, 5.74) is 6.84. The van der Waals surface area contributed by atoms with Gasteiger partial charge in [0, 0.05) is 10.6 Å². The average Bonchev–Trinajstić information content (AvgIpc) is 2.56. The fraction of sp³-hybridized carbons (Fsp3) is 0.0909. The van der Waals surface area contributed by atoms with Crippen molar-refractivity contribution in [2.75, 3.05) is 5.73 Å². The van der Waals surface area contributed by atoms with Gasteiger partial charge in [-0.05, 0) is 25.1 Å². The Balaban J connectivity index is 2.61. The Morgan fingerprint density at radius 3 is 2.76 bits per heavy atom. The molecule has 0 spiro atoms. The summed E-state index contributed by atoms with van der Waals surface area (Å²) in [5.74, 6) is -0.806. The number of carboxylic acid groups (broad SMARTS) is 1. The molecule has 0 fully saturated rings. The second-order valence-corrected chi connectivity index (χ2v) is 3.99. The van der Waals surface area contributed by atoms with Crippen LogP contribution in [0.25, 0.3) is 5.69 Å². The van der Waals surface area contributed by atoms with E-state index in [0.29, 0.717) is 22.1 Å². The van der Waals surface area contributed by atoms with Gasteiger partial charge in [0.2, 0.25) is 0 Å². The predicted molar refractivity (Wildman–Crippen MR) is 64.7 cm³/mol. The monoisotopic (exact) mass is 251 g/mol. The molecule has 0 aliphatic heterocycles. The molecule has 1 aromatic carbocycles. The summed E-state index contributed by atoms with van der Waals surface area (Å²) in [5, 5.41) is 13.4. The lowest BCUT2D eigenvalue weighted by atomic mass is 10.2. The highest BCUT2D eigenvalue weighted by molar-refractivity contribution is 6.30. The number of benzene rings is 1. The second-order valence-electron chi connectivity index (χ2n) is 3.56. The Kier molecular flexibility index (Phi) is 2.77. The van der Waals surface area contributed by atoms with Crippen molar-refractivity contribution in [3.63, 3.8) is 0 Å². The molecule has 0 aliphatic carbocycles. The molecule has 3 N–H and O–H groups in total. The maximum absolute atomic E-state index is 10.9. The molecule has 0 amide bonds. The van der Waals surface area contributed by atoms with E-state index in [4.69, 9.17) is 22.4 Å². The van der Waals surface area contributed by atoms with Gasteiger partial charge in [-0.1, -0.05) is 17.7 Å². The van der Waals surface area contributed by atoms with Gasteiger partial charge in [-0.2, -0.15) is 5.10 Å². The Labute approximate surface area is 102 Å². The number of aromatic nitrogens is 2. The molecule has 17 heavy (non-hydrogen) atoms. The number of rotatable bonds is 2. The van der Waals surface area contributed by atoms with Crippen LogP contribution in [0.5, 0.6) is 0 Å². The highest BCUT2D eigenvalue weighted by atomic mass is 35.5. The second kappa shape index (κ2) is 4.10. The molecular weight excluding hydrogens is 242 g/mol. The summed E-state index contributed by atoms with van der Waals surface area (Å²) in [6, 6.07) is 6.88. The zero-order chi connectivity index (χ0) is 12.6. The van der Waals surface area contributed by atoms with Gasteiger partial charge in [0.15, 0.2) is 5.69 Å². The van der Waals surface area contributed by atoms with Crippen LogP contribution in [-0.2, 0) is 0 Å². The third-order valence-corrected chi connectivity index (χ3v) is 2.66. The van der Waals surface area contributed by atoms with Gasteiger partial charge in [-0.25, -0.2) is 9.48 Å². The Morgan fingerprint density at radius 2 is 2.24 bits per heavy atom. The topological polar surface area (TPSA) is 81.1 Å². The minimum atomic E-state index is -1.10. The fourth-order valence-corrected chi connectivity index (χ4v) is 1.70. The van der Waals surface area contributed by atoms with E-state index in [1.165, 1.54) is 4.68 Å². The molecule has 0 aliphatic rings. The zero-order valence-corrected chi connectivity index (χ0v) is 9.77. The first kappa shape index (κ1) is 11.5. The van der Waals surface area contributed by atoms with Crippen LogP contribution < -0.4 is 5.73 Å². The van der Waals surface area contributed by atoms with E-state index in [9.17, 15) is 4.79 Å². The maximum atomic E-state index is 10.9. The summed E-state index contributed by atoms with van der Waals surface area (Å²) < 4.78 is 1.37. The minimum Gasteiger partial charge on any atom is -0.476 e. The molecule has 6 heteroatoms. The van der Waals surface area contributed by atoms with Gasteiger partial charge in [0.25, 0.3) is 0 Å². The molecule has 5 nitrogen and oxygen atoms in total. The molecule has 0 atom stereocenters. The van der Waals surface area contributed by atoms with E-state index in [0.717, 1.165) is 0 Å². The van der Waals surface area contributed by atoms with Gasteiger partial charge in [0.05, 0.1) is 5.69 Å². The molecular formula is C11H10ClN3O2. The van der Waals surface area contributed by atoms with Crippen LogP contribution in [0, 0.1) is 6.92 Å². The summed E-state index contributed by atoms with van der Waals surface area (Å²) in [6.07, 6.45) is 0. The van der Waals surface area contributed by atoms with Crippen LogP contribution in [0.3, 0.4) is 0 Å². The number of aromatic carboxylic acids is 1. The first-order chi connectivity index (χ1) is 8.00.